The second kappa shape index (κ2) is 9.44. The number of rotatable bonds is 8. The van der Waals surface area contributed by atoms with Crippen LogP contribution < -0.4 is 5.32 Å². The standard InChI is InChI=1S/C20H23N3O5S/c1-4-22(5-2)29(27,28)18-11-9-15(3)19(14-18)21-20(24)12-10-16-7-6-8-17(13-16)23(25)26/h6-14H,4-5H2,1-3H3,(H,21,24)/b12-10+. The van der Waals surface area contributed by atoms with E-state index in [0.29, 0.717) is 29.9 Å². The third kappa shape index (κ3) is 5.49. The third-order valence-corrected chi connectivity index (χ3v) is 6.36. The average Bonchev–Trinajstić information content (AvgIpc) is 2.69. The van der Waals surface area contributed by atoms with Crippen LogP contribution in [0.25, 0.3) is 6.08 Å². The van der Waals surface area contributed by atoms with E-state index in [0.717, 1.165) is 0 Å². The first-order valence-corrected chi connectivity index (χ1v) is 10.5. The number of hydrogen-bond donors (Lipinski definition) is 1. The Morgan fingerprint density at radius 1 is 1.17 bits per heavy atom. The number of carbonyl (C=O) groups excluding carboxylic acids is 1. The molecule has 0 atom stereocenters. The van der Waals surface area contributed by atoms with E-state index in [1.807, 2.05) is 0 Å². The van der Waals surface area contributed by atoms with Crippen molar-refractivity contribution < 1.29 is 18.1 Å². The maximum atomic E-state index is 12.7. The molecule has 2 rings (SSSR count). The van der Waals surface area contributed by atoms with E-state index >= 15 is 0 Å². The molecule has 29 heavy (non-hydrogen) atoms. The van der Waals surface area contributed by atoms with Gasteiger partial charge >= 0.3 is 0 Å². The highest BCUT2D eigenvalue weighted by Crippen LogP contribution is 2.23. The van der Waals surface area contributed by atoms with Crippen LogP contribution in [-0.4, -0.2) is 36.6 Å². The highest BCUT2D eigenvalue weighted by atomic mass is 32.2. The van der Waals surface area contributed by atoms with Gasteiger partial charge in [-0.3, -0.25) is 14.9 Å². The smallest absolute Gasteiger partial charge is 0.270 e. The van der Waals surface area contributed by atoms with E-state index in [9.17, 15) is 23.3 Å². The van der Waals surface area contributed by atoms with Gasteiger partial charge < -0.3 is 5.32 Å². The van der Waals surface area contributed by atoms with Crippen molar-refractivity contribution in [3.8, 4) is 0 Å². The molecule has 0 aliphatic carbocycles. The van der Waals surface area contributed by atoms with E-state index in [1.54, 1.807) is 32.9 Å². The van der Waals surface area contributed by atoms with Gasteiger partial charge in [0.1, 0.15) is 0 Å². The Kier molecular flexibility index (Phi) is 7.24. The Labute approximate surface area is 170 Å². The summed E-state index contributed by atoms with van der Waals surface area (Å²) in [4.78, 5) is 22.7. The molecular weight excluding hydrogens is 394 g/mol. The zero-order chi connectivity index (χ0) is 21.6. The molecule has 1 N–H and O–H groups in total. The van der Waals surface area contributed by atoms with Gasteiger partial charge in [-0.05, 0) is 36.3 Å². The molecule has 0 bridgehead atoms. The van der Waals surface area contributed by atoms with Crippen LogP contribution in [0.5, 0.6) is 0 Å². The number of non-ortho nitro benzene ring substituents is 1. The molecule has 8 nitrogen and oxygen atoms in total. The molecule has 0 radical (unpaired) electrons. The highest BCUT2D eigenvalue weighted by molar-refractivity contribution is 7.89. The summed E-state index contributed by atoms with van der Waals surface area (Å²) in [6, 6.07) is 10.5. The van der Waals surface area contributed by atoms with Crippen LogP contribution in [0.4, 0.5) is 11.4 Å². The fourth-order valence-electron chi connectivity index (χ4n) is 2.70. The first-order chi connectivity index (χ1) is 13.7. The normalized spacial score (nSPS) is 11.7. The van der Waals surface area contributed by atoms with Crippen LogP contribution in [0, 0.1) is 17.0 Å². The van der Waals surface area contributed by atoms with E-state index in [2.05, 4.69) is 5.32 Å². The number of nitro benzene ring substituents is 1. The summed E-state index contributed by atoms with van der Waals surface area (Å²) in [5, 5.41) is 13.5. The Morgan fingerprint density at radius 3 is 2.48 bits per heavy atom. The van der Waals surface area contributed by atoms with Crippen LogP contribution in [0.2, 0.25) is 0 Å². The largest absolute Gasteiger partial charge is 0.322 e. The molecule has 0 fully saturated rings. The van der Waals surface area contributed by atoms with Crippen molar-refractivity contribution in [2.45, 2.75) is 25.7 Å². The number of hydrogen-bond acceptors (Lipinski definition) is 5. The number of aryl methyl sites for hydroxylation is 1. The van der Waals surface area contributed by atoms with Gasteiger partial charge in [0.2, 0.25) is 15.9 Å². The van der Waals surface area contributed by atoms with E-state index in [1.165, 1.54) is 46.8 Å². The third-order valence-electron chi connectivity index (χ3n) is 4.32. The lowest BCUT2D eigenvalue weighted by molar-refractivity contribution is -0.384. The van der Waals surface area contributed by atoms with Crippen molar-refractivity contribution in [2.24, 2.45) is 0 Å². The summed E-state index contributed by atoms with van der Waals surface area (Å²) in [6.45, 7) is 5.97. The fourth-order valence-corrected chi connectivity index (χ4v) is 4.18. The van der Waals surface area contributed by atoms with Gasteiger partial charge in [0.05, 0.1) is 9.82 Å². The zero-order valence-electron chi connectivity index (χ0n) is 16.5. The second-order valence-corrected chi connectivity index (χ2v) is 8.18. The lowest BCUT2D eigenvalue weighted by atomic mass is 10.2. The highest BCUT2D eigenvalue weighted by Gasteiger charge is 2.22. The second-order valence-electron chi connectivity index (χ2n) is 6.24. The predicted molar refractivity (Wildman–Crippen MR) is 112 cm³/mol. The Balaban J connectivity index is 2.22. The molecule has 0 aliphatic rings. The molecular formula is C20H23N3O5S. The van der Waals surface area contributed by atoms with Gasteiger partial charge in [-0.15, -0.1) is 0 Å². The van der Waals surface area contributed by atoms with Crippen LogP contribution >= 0.6 is 0 Å². The minimum absolute atomic E-state index is 0.0716. The van der Waals surface area contributed by atoms with Crippen LogP contribution in [0.15, 0.2) is 53.4 Å². The molecule has 0 unspecified atom stereocenters. The van der Waals surface area contributed by atoms with Gasteiger partial charge in [-0.25, -0.2) is 8.42 Å². The monoisotopic (exact) mass is 417 g/mol. The molecule has 0 aromatic heterocycles. The van der Waals surface area contributed by atoms with Crippen LogP contribution in [0.1, 0.15) is 25.0 Å². The van der Waals surface area contributed by atoms with Gasteiger partial charge in [0.25, 0.3) is 5.69 Å². The number of anilines is 1. The minimum atomic E-state index is -3.64. The molecule has 154 valence electrons. The number of nitrogens with one attached hydrogen (secondary N) is 1. The van der Waals surface area contributed by atoms with E-state index in [4.69, 9.17) is 0 Å². The number of nitro groups is 1. The molecule has 2 aromatic carbocycles. The molecule has 0 saturated heterocycles. The molecule has 0 heterocycles. The Morgan fingerprint density at radius 2 is 1.86 bits per heavy atom. The molecule has 0 spiro atoms. The number of carbonyl (C=O) groups is 1. The number of amides is 1. The molecule has 0 aliphatic heterocycles. The molecule has 2 aromatic rings. The van der Waals surface area contributed by atoms with Crippen molar-refractivity contribution in [3.63, 3.8) is 0 Å². The maximum absolute atomic E-state index is 12.7. The summed E-state index contributed by atoms with van der Waals surface area (Å²) in [5.41, 5.74) is 1.52. The van der Waals surface area contributed by atoms with Gasteiger partial charge in [0.15, 0.2) is 0 Å². The number of benzene rings is 2. The van der Waals surface area contributed by atoms with Crippen molar-refractivity contribution in [1.29, 1.82) is 0 Å². The van der Waals surface area contributed by atoms with Crippen molar-refractivity contribution >= 4 is 33.4 Å². The summed E-state index contributed by atoms with van der Waals surface area (Å²) in [5.74, 6) is -0.475. The van der Waals surface area contributed by atoms with Crippen LogP contribution in [-0.2, 0) is 14.8 Å². The summed E-state index contributed by atoms with van der Waals surface area (Å²) < 4.78 is 26.7. The van der Waals surface area contributed by atoms with Gasteiger partial charge in [0, 0.05) is 37.0 Å². The van der Waals surface area contributed by atoms with Gasteiger partial charge in [-0.1, -0.05) is 32.0 Å². The Hall–Kier alpha value is -3.04. The molecule has 0 saturated carbocycles. The Bertz CT molecular complexity index is 1040. The zero-order valence-corrected chi connectivity index (χ0v) is 17.3. The van der Waals surface area contributed by atoms with Crippen LogP contribution in [0.3, 0.4) is 0 Å². The topological polar surface area (TPSA) is 110 Å². The first kappa shape index (κ1) is 22.3. The summed E-state index contributed by atoms with van der Waals surface area (Å²) in [7, 11) is -3.64. The van der Waals surface area contributed by atoms with Crippen molar-refractivity contribution in [1.82, 2.24) is 4.31 Å². The minimum Gasteiger partial charge on any atom is -0.322 e. The lowest BCUT2D eigenvalue weighted by Gasteiger charge is -2.19. The maximum Gasteiger partial charge on any atom is 0.270 e. The summed E-state index contributed by atoms with van der Waals surface area (Å²) in [6.07, 6.45) is 2.69. The number of sulfonamides is 1. The van der Waals surface area contributed by atoms with Gasteiger partial charge in [-0.2, -0.15) is 4.31 Å². The number of nitrogens with zero attached hydrogens (tertiary/aromatic N) is 2. The quantitative estimate of drug-likeness (QED) is 0.401. The SMILES string of the molecule is CCN(CC)S(=O)(=O)c1ccc(C)c(NC(=O)/C=C/c2cccc([N+](=O)[O-])c2)c1. The lowest BCUT2D eigenvalue weighted by Crippen LogP contribution is -2.30. The fraction of sp³-hybridized carbons (Fsp3) is 0.250. The molecule has 1 amide bonds. The van der Waals surface area contributed by atoms with Crippen molar-refractivity contribution in [2.75, 3.05) is 18.4 Å². The van der Waals surface area contributed by atoms with E-state index < -0.39 is 20.9 Å². The van der Waals surface area contributed by atoms with E-state index in [-0.39, 0.29) is 10.6 Å². The first-order valence-electron chi connectivity index (χ1n) is 9.03. The predicted octanol–water partition coefficient (Wildman–Crippen LogP) is 3.59. The summed E-state index contributed by atoms with van der Waals surface area (Å²) >= 11 is 0. The molecule has 9 heteroatoms. The average molecular weight is 417 g/mol. The van der Waals surface area contributed by atoms with Crippen molar-refractivity contribution in [3.05, 3.63) is 69.8 Å².